The Hall–Kier alpha value is -2.17. The molecule has 36 heavy (non-hydrogen) atoms. The van der Waals surface area contributed by atoms with E-state index in [9.17, 15) is 23.1 Å². The van der Waals surface area contributed by atoms with E-state index in [4.69, 9.17) is 11.6 Å². The first-order valence-electron chi connectivity index (χ1n) is 12.6. The summed E-state index contributed by atoms with van der Waals surface area (Å²) in [6.45, 7) is 2.41. The third-order valence-corrected chi connectivity index (χ3v) is 9.20. The van der Waals surface area contributed by atoms with Gasteiger partial charge in [0.2, 0.25) is 5.91 Å². The molecule has 7 nitrogen and oxygen atoms in total. The molecule has 1 spiro atoms. The zero-order chi connectivity index (χ0) is 25.0. The van der Waals surface area contributed by atoms with Gasteiger partial charge in [0.1, 0.15) is 5.82 Å². The van der Waals surface area contributed by atoms with Gasteiger partial charge in [0.15, 0.2) is 11.4 Å². The Morgan fingerprint density at radius 2 is 1.81 bits per heavy atom. The molecule has 1 saturated heterocycles. The number of rotatable bonds is 3. The van der Waals surface area contributed by atoms with Gasteiger partial charge >= 0.3 is 6.18 Å². The number of halogens is 4. The Labute approximate surface area is 211 Å². The van der Waals surface area contributed by atoms with Crippen LogP contribution in [-0.4, -0.2) is 66.5 Å². The number of benzene rings is 1. The molecule has 1 N–H and O–H groups in total. The number of likely N-dealkylation sites (tertiary alicyclic amines) is 1. The van der Waals surface area contributed by atoms with Gasteiger partial charge in [-0.2, -0.15) is 13.2 Å². The lowest BCUT2D eigenvalue weighted by Crippen LogP contribution is -2.63. The van der Waals surface area contributed by atoms with Gasteiger partial charge in [-0.1, -0.05) is 11.6 Å². The van der Waals surface area contributed by atoms with Crippen molar-refractivity contribution in [1.29, 1.82) is 0 Å². The quantitative estimate of drug-likeness (QED) is 0.665. The van der Waals surface area contributed by atoms with E-state index in [2.05, 4.69) is 14.8 Å². The lowest BCUT2D eigenvalue weighted by molar-refractivity contribution is -0.300. The molecule has 0 atom stereocenters. The molecule has 3 aliphatic carbocycles. The molecule has 3 saturated carbocycles. The summed E-state index contributed by atoms with van der Waals surface area (Å²) in [6.07, 6.45) is -1.39. The summed E-state index contributed by atoms with van der Waals surface area (Å²) in [7, 11) is 0. The van der Waals surface area contributed by atoms with E-state index in [0.717, 1.165) is 55.8 Å². The highest BCUT2D eigenvalue weighted by atomic mass is 35.5. The van der Waals surface area contributed by atoms with Gasteiger partial charge in [-0.15, -0.1) is 10.2 Å². The molecule has 5 aliphatic rings. The Bertz CT molecular complexity index is 1240. The third-order valence-electron chi connectivity index (χ3n) is 8.96. The second-order valence-corrected chi connectivity index (χ2v) is 12.1. The summed E-state index contributed by atoms with van der Waals surface area (Å²) in [6, 6.07) is 5.18. The Morgan fingerprint density at radius 1 is 1.08 bits per heavy atom. The number of alkyl halides is 3. The van der Waals surface area contributed by atoms with E-state index in [-0.39, 0.29) is 30.1 Å². The maximum Gasteiger partial charge on any atom is 0.417 e. The largest absolute Gasteiger partial charge is 0.417 e. The van der Waals surface area contributed by atoms with Crippen molar-refractivity contribution >= 4 is 17.5 Å². The fraction of sp³-hybridized carbons (Fsp3) is 0.640. The van der Waals surface area contributed by atoms with Gasteiger partial charge in [0.05, 0.1) is 12.2 Å². The third kappa shape index (κ3) is 3.44. The van der Waals surface area contributed by atoms with Crippen molar-refractivity contribution in [1.82, 2.24) is 24.6 Å². The molecule has 2 aliphatic heterocycles. The van der Waals surface area contributed by atoms with Crippen LogP contribution in [-0.2, 0) is 17.9 Å². The van der Waals surface area contributed by atoms with E-state index in [1.807, 2.05) is 28.0 Å². The first-order valence-corrected chi connectivity index (χ1v) is 13.0. The number of fused-ring (bicyclic) bond motifs is 3. The molecule has 1 amide bonds. The monoisotopic (exact) mass is 521 g/mol. The molecule has 3 heterocycles. The van der Waals surface area contributed by atoms with Crippen molar-refractivity contribution in [2.45, 2.75) is 75.4 Å². The molecule has 0 radical (unpaired) electrons. The van der Waals surface area contributed by atoms with Crippen molar-refractivity contribution < 1.29 is 23.1 Å². The Balaban J connectivity index is 1.13. The van der Waals surface area contributed by atoms with Crippen LogP contribution < -0.4 is 0 Å². The molecule has 11 heteroatoms. The van der Waals surface area contributed by atoms with Gasteiger partial charge in [-0.3, -0.25) is 14.3 Å². The predicted octanol–water partition coefficient (Wildman–Crippen LogP) is 3.81. The number of nitrogens with zero attached hydrogens (tertiary/aromatic N) is 5. The fourth-order valence-corrected chi connectivity index (χ4v) is 6.91. The van der Waals surface area contributed by atoms with Crippen LogP contribution in [0.5, 0.6) is 0 Å². The standard InChI is InChI=1S/C25H27ClF3N5O2/c26-17-3-4-19-15(5-17)10-32(18-8-24(36,9-18)25(27,28)29)11-20-30-31-21(34(19)20)16-6-23(7-16)12-33(13-23)22(35)14-1-2-14/h3-5,14,16,18,36H,1-2,6-13H2. The van der Waals surface area contributed by atoms with E-state index < -0.39 is 17.8 Å². The first-order chi connectivity index (χ1) is 17.0. The Morgan fingerprint density at radius 3 is 2.47 bits per heavy atom. The van der Waals surface area contributed by atoms with Crippen LogP contribution in [0.4, 0.5) is 13.2 Å². The molecule has 1 aromatic heterocycles. The van der Waals surface area contributed by atoms with Crippen molar-refractivity contribution in [3.8, 4) is 5.69 Å². The van der Waals surface area contributed by atoms with E-state index in [1.54, 1.807) is 0 Å². The number of carbonyl (C=O) groups excluding carboxylic acids is 1. The minimum atomic E-state index is -4.63. The highest BCUT2D eigenvalue weighted by molar-refractivity contribution is 6.30. The van der Waals surface area contributed by atoms with Crippen molar-refractivity contribution in [3.63, 3.8) is 0 Å². The lowest BCUT2D eigenvalue weighted by Gasteiger charge is -2.58. The highest BCUT2D eigenvalue weighted by Crippen LogP contribution is 2.57. The number of amides is 1. The molecule has 192 valence electrons. The summed E-state index contributed by atoms with van der Waals surface area (Å²) in [5, 5.41) is 19.6. The van der Waals surface area contributed by atoms with Crippen molar-refractivity contribution in [2.24, 2.45) is 11.3 Å². The zero-order valence-electron chi connectivity index (χ0n) is 19.6. The smallest absolute Gasteiger partial charge is 0.380 e. The fourth-order valence-electron chi connectivity index (χ4n) is 6.72. The van der Waals surface area contributed by atoms with Crippen LogP contribution >= 0.6 is 11.6 Å². The predicted molar refractivity (Wildman–Crippen MR) is 123 cm³/mol. The summed E-state index contributed by atoms with van der Waals surface area (Å²) in [5.74, 6) is 2.33. The average Bonchev–Trinajstić information content (AvgIpc) is 3.52. The van der Waals surface area contributed by atoms with Gasteiger partial charge in [0, 0.05) is 60.8 Å². The van der Waals surface area contributed by atoms with Crippen molar-refractivity contribution in [2.75, 3.05) is 13.1 Å². The van der Waals surface area contributed by atoms with E-state index in [0.29, 0.717) is 29.8 Å². The maximum absolute atomic E-state index is 13.2. The normalized spacial score (nSPS) is 29.6. The second kappa shape index (κ2) is 7.45. The maximum atomic E-state index is 13.2. The second-order valence-electron chi connectivity index (χ2n) is 11.7. The average molecular weight is 522 g/mol. The van der Waals surface area contributed by atoms with Crippen LogP contribution in [0.3, 0.4) is 0 Å². The van der Waals surface area contributed by atoms with E-state index >= 15 is 0 Å². The topological polar surface area (TPSA) is 74.5 Å². The van der Waals surface area contributed by atoms with Gasteiger partial charge < -0.3 is 10.0 Å². The van der Waals surface area contributed by atoms with Gasteiger partial charge in [-0.25, -0.2) is 0 Å². The number of carbonyl (C=O) groups is 1. The van der Waals surface area contributed by atoms with Crippen LogP contribution in [0.15, 0.2) is 18.2 Å². The van der Waals surface area contributed by atoms with Gasteiger partial charge in [-0.05, 0) is 49.4 Å². The summed E-state index contributed by atoms with van der Waals surface area (Å²) < 4.78 is 41.8. The van der Waals surface area contributed by atoms with Crippen LogP contribution in [0.2, 0.25) is 5.02 Å². The molecule has 0 unspecified atom stereocenters. The van der Waals surface area contributed by atoms with Gasteiger partial charge in [0.25, 0.3) is 0 Å². The highest BCUT2D eigenvalue weighted by Gasteiger charge is 2.62. The molecule has 7 rings (SSSR count). The van der Waals surface area contributed by atoms with Crippen LogP contribution in [0, 0.1) is 11.3 Å². The molecule has 0 bridgehead atoms. The summed E-state index contributed by atoms with van der Waals surface area (Å²) >= 11 is 6.30. The number of hydrogen-bond acceptors (Lipinski definition) is 5. The molecule has 4 fully saturated rings. The SMILES string of the molecule is O=C(C1CC1)N1CC2(CC(c3nnc4n3-c3ccc(Cl)cc3CN(C3CC(O)(C(F)(F)F)C3)C4)C2)C1. The summed E-state index contributed by atoms with van der Waals surface area (Å²) in [4.78, 5) is 16.3. The van der Waals surface area contributed by atoms with Crippen molar-refractivity contribution in [3.05, 3.63) is 40.4 Å². The minimum absolute atomic E-state index is 0.176. The molecule has 1 aromatic carbocycles. The minimum Gasteiger partial charge on any atom is -0.380 e. The number of hydrogen-bond donors (Lipinski definition) is 1. The lowest BCUT2D eigenvalue weighted by atomic mass is 9.57. The molecular weight excluding hydrogens is 495 g/mol. The zero-order valence-corrected chi connectivity index (χ0v) is 20.4. The summed E-state index contributed by atoms with van der Waals surface area (Å²) in [5.41, 5.74) is -0.640. The van der Waals surface area contributed by atoms with E-state index in [1.165, 1.54) is 0 Å². The van der Waals surface area contributed by atoms with Crippen LogP contribution in [0.1, 0.15) is 61.7 Å². The number of aromatic nitrogens is 3. The first kappa shape index (κ1) is 23.0. The molecular formula is C25H27ClF3N5O2. The van der Waals surface area contributed by atoms with Crippen LogP contribution in [0.25, 0.3) is 5.69 Å². The Kier molecular flexibility index (Phi) is 4.75. The molecule has 2 aromatic rings. The number of aliphatic hydroxyl groups is 1.